The van der Waals surface area contributed by atoms with Gasteiger partial charge in [-0.05, 0) is 12.8 Å². The van der Waals surface area contributed by atoms with Crippen LogP contribution in [-0.4, -0.2) is 12.1 Å². The first-order chi connectivity index (χ1) is 3.63. The summed E-state index contributed by atoms with van der Waals surface area (Å²) < 4.78 is 35.9. The summed E-state index contributed by atoms with van der Waals surface area (Å²) in [6, 6.07) is 0. The van der Waals surface area contributed by atoms with Gasteiger partial charge in [0.2, 0.25) is 0 Å². The molecule has 1 atom stereocenters. The molecule has 0 spiro atoms. The van der Waals surface area contributed by atoms with Crippen molar-refractivity contribution in [1.82, 2.24) is 0 Å². The molecular formula is C5H7F3. The van der Waals surface area contributed by atoms with Gasteiger partial charge in [-0.1, -0.05) is 0 Å². The highest BCUT2D eigenvalue weighted by atomic mass is 19.3. The number of alkyl halides is 3. The van der Waals surface area contributed by atoms with Crippen molar-refractivity contribution in [2.45, 2.75) is 31.4 Å². The topological polar surface area (TPSA) is 0 Å². The molecule has 0 aromatic carbocycles. The molecule has 1 rings (SSSR count). The Bertz CT molecular complexity index is 89.7. The molecule has 0 aromatic heterocycles. The molecule has 3 heteroatoms. The van der Waals surface area contributed by atoms with Crippen LogP contribution in [0.5, 0.6) is 0 Å². The van der Waals surface area contributed by atoms with E-state index >= 15 is 0 Å². The predicted molar refractivity (Wildman–Crippen MR) is 23.7 cm³/mol. The summed E-state index contributed by atoms with van der Waals surface area (Å²) in [4.78, 5) is 0. The first kappa shape index (κ1) is 5.92. The third-order valence-electron chi connectivity index (χ3n) is 1.43. The quantitative estimate of drug-likeness (QED) is 0.464. The normalized spacial score (nSPS) is 35.6. The molecule has 0 bridgehead atoms. The van der Waals surface area contributed by atoms with Crippen molar-refractivity contribution in [2.24, 2.45) is 0 Å². The summed E-state index contributed by atoms with van der Waals surface area (Å²) in [5.41, 5.74) is 0. The zero-order valence-electron chi connectivity index (χ0n) is 4.33. The van der Waals surface area contributed by atoms with Gasteiger partial charge in [0.15, 0.2) is 6.17 Å². The summed E-state index contributed by atoms with van der Waals surface area (Å²) in [7, 11) is 0. The highest BCUT2D eigenvalue weighted by molar-refractivity contribution is 4.83. The average Bonchev–Trinajstić information content (AvgIpc) is 1.86. The fourth-order valence-electron chi connectivity index (χ4n) is 0.885. The highest BCUT2D eigenvalue weighted by Gasteiger charge is 2.44. The van der Waals surface area contributed by atoms with E-state index in [0.717, 1.165) is 0 Å². The Morgan fingerprint density at radius 1 is 1.38 bits per heavy atom. The molecule has 0 heterocycles. The minimum Gasteiger partial charge on any atom is -0.241 e. The standard InChI is InChI=1S/C5H7F3/c6-4-2-1-3-5(4,7)8/h4H,1-3H2. The van der Waals surface area contributed by atoms with E-state index in [9.17, 15) is 13.2 Å². The lowest BCUT2D eigenvalue weighted by Crippen LogP contribution is -2.22. The van der Waals surface area contributed by atoms with Crippen molar-refractivity contribution < 1.29 is 13.2 Å². The van der Waals surface area contributed by atoms with Crippen molar-refractivity contribution in [3.63, 3.8) is 0 Å². The molecule has 1 aliphatic carbocycles. The number of rotatable bonds is 0. The largest absolute Gasteiger partial charge is 0.278 e. The van der Waals surface area contributed by atoms with Crippen LogP contribution in [0.25, 0.3) is 0 Å². The van der Waals surface area contributed by atoms with Crippen molar-refractivity contribution in [1.29, 1.82) is 0 Å². The zero-order chi connectivity index (χ0) is 6.20. The Morgan fingerprint density at radius 2 is 2.00 bits per heavy atom. The van der Waals surface area contributed by atoms with Crippen LogP contribution in [0.1, 0.15) is 19.3 Å². The second-order valence-electron chi connectivity index (χ2n) is 2.12. The molecular weight excluding hydrogens is 117 g/mol. The van der Waals surface area contributed by atoms with E-state index in [1.807, 2.05) is 0 Å². The van der Waals surface area contributed by atoms with Gasteiger partial charge in [0.1, 0.15) is 0 Å². The number of hydrogen-bond donors (Lipinski definition) is 0. The van der Waals surface area contributed by atoms with Gasteiger partial charge >= 0.3 is 0 Å². The van der Waals surface area contributed by atoms with Crippen molar-refractivity contribution in [2.75, 3.05) is 0 Å². The van der Waals surface area contributed by atoms with Gasteiger partial charge in [-0.2, -0.15) is 0 Å². The lowest BCUT2D eigenvalue weighted by Gasteiger charge is -2.08. The Morgan fingerprint density at radius 3 is 2.12 bits per heavy atom. The number of halogens is 3. The maximum absolute atomic E-state index is 12.0. The first-order valence-electron chi connectivity index (χ1n) is 2.65. The number of hydrogen-bond acceptors (Lipinski definition) is 0. The van der Waals surface area contributed by atoms with Crippen molar-refractivity contribution in [3.05, 3.63) is 0 Å². The lowest BCUT2D eigenvalue weighted by atomic mass is 10.3. The molecule has 0 N–H and O–H groups in total. The van der Waals surface area contributed by atoms with Gasteiger partial charge in [-0.25, -0.2) is 13.2 Å². The van der Waals surface area contributed by atoms with E-state index < -0.39 is 12.1 Å². The molecule has 1 aliphatic rings. The molecule has 1 unspecified atom stereocenters. The lowest BCUT2D eigenvalue weighted by molar-refractivity contribution is -0.0500. The molecule has 0 aliphatic heterocycles. The summed E-state index contributed by atoms with van der Waals surface area (Å²) in [6.07, 6.45) is -1.78. The fourth-order valence-corrected chi connectivity index (χ4v) is 0.885. The van der Waals surface area contributed by atoms with E-state index in [1.165, 1.54) is 0 Å². The summed E-state index contributed by atoms with van der Waals surface area (Å²) in [5.74, 6) is -3.01. The SMILES string of the molecule is FC1CCCC1(F)F. The average molecular weight is 124 g/mol. The third-order valence-corrected chi connectivity index (χ3v) is 1.43. The van der Waals surface area contributed by atoms with Gasteiger partial charge < -0.3 is 0 Å². The maximum Gasteiger partial charge on any atom is 0.278 e. The van der Waals surface area contributed by atoms with Gasteiger partial charge in [0, 0.05) is 6.42 Å². The second kappa shape index (κ2) is 1.64. The molecule has 0 aromatic rings. The van der Waals surface area contributed by atoms with Crippen LogP contribution in [0, 0.1) is 0 Å². The van der Waals surface area contributed by atoms with E-state index in [4.69, 9.17) is 0 Å². The Labute approximate surface area is 45.7 Å². The molecule has 1 fully saturated rings. The molecule has 1 saturated carbocycles. The zero-order valence-corrected chi connectivity index (χ0v) is 4.33. The first-order valence-corrected chi connectivity index (χ1v) is 2.65. The smallest absolute Gasteiger partial charge is 0.241 e. The Kier molecular flexibility index (Phi) is 1.21. The summed E-state index contributed by atoms with van der Waals surface area (Å²) in [5, 5.41) is 0. The van der Waals surface area contributed by atoms with E-state index in [-0.39, 0.29) is 12.8 Å². The fraction of sp³-hybridized carbons (Fsp3) is 1.00. The van der Waals surface area contributed by atoms with Gasteiger partial charge in [0.25, 0.3) is 5.92 Å². The van der Waals surface area contributed by atoms with Gasteiger partial charge in [-0.15, -0.1) is 0 Å². The molecule has 48 valence electrons. The van der Waals surface area contributed by atoms with Crippen LogP contribution in [0.4, 0.5) is 13.2 Å². The van der Waals surface area contributed by atoms with E-state index in [2.05, 4.69) is 0 Å². The Hall–Kier alpha value is -0.210. The highest BCUT2D eigenvalue weighted by Crippen LogP contribution is 2.36. The maximum atomic E-state index is 12.0. The summed E-state index contributed by atoms with van der Waals surface area (Å²) >= 11 is 0. The van der Waals surface area contributed by atoms with Crippen LogP contribution in [0.15, 0.2) is 0 Å². The summed E-state index contributed by atoms with van der Waals surface area (Å²) in [6.45, 7) is 0. The third kappa shape index (κ3) is 0.812. The predicted octanol–water partition coefficient (Wildman–Crippen LogP) is 2.14. The van der Waals surface area contributed by atoms with Crippen molar-refractivity contribution >= 4 is 0 Å². The minimum absolute atomic E-state index is 0.0347. The van der Waals surface area contributed by atoms with Crippen LogP contribution in [0.2, 0.25) is 0 Å². The van der Waals surface area contributed by atoms with Crippen LogP contribution < -0.4 is 0 Å². The van der Waals surface area contributed by atoms with E-state index in [0.29, 0.717) is 6.42 Å². The molecule has 0 radical (unpaired) electrons. The monoisotopic (exact) mass is 124 g/mol. The van der Waals surface area contributed by atoms with Crippen LogP contribution >= 0.6 is 0 Å². The van der Waals surface area contributed by atoms with Crippen molar-refractivity contribution in [3.8, 4) is 0 Å². The van der Waals surface area contributed by atoms with Crippen LogP contribution in [0.3, 0.4) is 0 Å². The Balaban J connectivity index is 2.54. The molecule has 0 saturated heterocycles. The van der Waals surface area contributed by atoms with Gasteiger partial charge in [-0.3, -0.25) is 0 Å². The van der Waals surface area contributed by atoms with Crippen LogP contribution in [-0.2, 0) is 0 Å². The molecule has 0 amide bonds. The minimum atomic E-state index is -3.01. The van der Waals surface area contributed by atoms with Gasteiger partial charge in [0.05, 0.1) is 0 Å². The van der Waals surface area contributed by atoms with E-state index in [1.54, 1.807) is 0 Å². The molecule has 0 nitrogen and oxygen atoms in total. The second-order valence-corrected chi connectivity index (χ2v) is 2.12. The molecule has 8 heavy (non-hydrogen) atoms.